The van der Waals surface area contributed by atoms with E-state index in [9.17, 15) is 14.9 Å². The molecule has 0 spiro atoms. The van der Waals surface area contributed by atoms with E-state index in [1.54, 1.807) is 12.1 Å². The Kier molecular flexibility index (Phi) is 6.14. The average molecular weight is 418 g/mol. The van der Waals surface area contributed by atoms with Gasteiger partial charge in [0.1, 0.15) is 12.3 Å². The maximum absolute atomic E-state index is 13.0. The number of methoxy groups -OCH3 is 4. The Morgan fingerprint density at radius 3 is 2.33 bits per heavy atom. The molecule has 1 heterocycles. The molecular weight excluding hydrogens is 396 g/mol. The van der Waals surface area contributed by atoms with Gasteiger partial charge in [0.25, 0.3) is 5.69 Å². The Labute approximate surface area is 172 Å². The smallest absolute Gasteiger partial charge is 0.296 e. The molecule has 3 rings (SSSR count). The molecule has 0 unspecified atom stereocenters. The van der Waals surface area contributed by atoms with E-state index in [1.165, 1.54) is 40.6 Å². The van der Waals surface area contributed by atoms with Crippen molar-refractivity contribution in [2.45, 2.75) is 0 Å². The van der Waals surface area contributed by atoms with Crippen LogP contribution in [0.25, 0.3) is 0 Å². The fourth-order valence-electron chi connectivity index (χ4n) is 3.26. The van der Waals surface area contributed by atoms with Gasteiger partial charge in [-0.25, -0.2) is 0 Å². The quantitative estimate of drug-likeness (QED) is 0.510. The molecule has 0 amide bonds. The normalized spacial score (nSPS) is 14.9. The van der Waals surface area contributed by atoms with Crippen LogP contribution in [0, 0.1) is 16.0 Å². The molecule has 1 aliphatic rings. The van der Waals surface area contributed by atoms with Crippen LogP contribution < -0.4 is 29.0 Å². The molecule has 0 saturated carbocycles. The Balaban J connectivity index is 1.84. The first-order chi connectivity index (χ1) is 14.4. The third-order valence-electron chi connectivity index (χ3n) is 4.80. The lowest BCUT2D eigenvalue weighted by Gasteiger charge is -2.26. The number of hydrogen-bond donors (Lipinski definition) is 1. The third-order valence-corrected chi connectivity index (χ3v) is 4.80. The molecule has 2 aromatic carbocycles. The van der Waals surface area contributed by atoms with Crippen molar-refractivity contribution in [2.75, 3.05) is 46.9 Å². The molecule has 0 aliphatic carbocycles. The standard InChI is InChI=1S/C20H22N2O8/c1-26-15-6-5-12-18(23)11(10-30-19(12)20(15)29-4)9-21-13-7-16(27-2)17(28-3)8-14(13)22(24)25/h5-8,11,21H,9-10H2,1-4H3/t11-/m1/s1. The zero-order valence-electron chi connectivity index (χ0n) is 17.0. The number of nitro benzene ring substituents is 1. The first-order valence-corrected chi connectivity index (χ1v) is 9.01. The fraction of sp³-hybridized carbons (Fsp3) is 0.350. The van der Waals surface area contributed by atoms with Crippen LogP contribution in [0.2, 0.25) is 0 Å². The lowest BCUT2D eigenvalue weighted by atomic mass is 9.94. The van der Waals surface area contributed by atoms with Crippen molar-refractivity contribution in [1.82, 2.24) is 0 Å². The van der Waals surface area contributed by atoms with E-state index in [1.807, 2.05) is 0 Å². The van der Waals surface area contributed by atoms with Crippen LogP contribution in [0.3, 0.4) is 0 Å². The summed E-state index contributed by atoms with van der Waals surface area (Å²) in [7, 11) is 5.80. The number of fused-ring (bicyclic) bond motifs is 1. The summed E-state index contributed by atoms with van der Waals surface area (Å²) in [6.07, 6.45) is 0. The van der Waals surface area contributed by atoms with Crippen LogP contribution in [-0.4, -0.2) is 52.3 Å². The maximum Gasteiger partial charge on any atom is 0.296 e. The summed E-state index contributed by atoms with van der Waals surface area (Å²) in [5, 5.41) is 14.4. The van der Waals surface area contributed by atoms with Crippen molar-refractivity contribution in [3.8, 4) is 28.7 Å². The van der Waals surface area contributed by atoms with Crippen LogP contribution >= 0.6 is 0 Å². The molecule has 30 heavy (non-hydrogen) atoms. The van der Waals surface area contributed by atoms with Gasteiger partial charge in [0.2, 0.25) is 5.75 Å². The van der Waals surface area contributed by atoms with E-state index in [0.717, 1.165) is 0 Å². The molecule has 10 nitrogen and oxygen atoms in total. The summed E-state index contributed by atoms with van der Waals surface area (Å²) in [6.45, 7) is 0.215. The number of ketones is 1. The highest BCUT2D eigenvalue weighted by molar-refractivity contribution is 6.02. The zero-order valence-corrected chi connectivity index (χ0v) is 17.0. The molecule has 10 heteroatoms. The maximum atomic E-state index is 13.0. The number of nitro groups is 1. The number of rotatable bonds is 8. The van der Waals surface area contributed by atoms with E-state index < -0.39 is 10.8 Å². The summed E-state index contributed by atoms with van der Waals surface area (Å²) in [6, 6.07) is 5.98. The highest BCUT2D eigenvalue weighted by Gasteiger charge is 2.33. The number of Topliss-reactive ketones (excluding diaryl/α,β-unsaturated/α-hetero) is 1. The minimum Gasteiger partial charge on any atom is -0.493 e. The monoisotopic (exact) mass is 418 g/mol. The molecule has 0 fully saturated rings. The first kappa shape index (κ1) is 21.0. The molecule has 2 aromatic rings. The van der Waals surface area contributed by atoms with E-state index in [-0.39, 0.29) is 36.1 Å². The van der Waals surface area contributed by atoms with E-state index in [2.05, 4.69) is 5.32 Å². The van der Waals surface area contributed by atoms with Crippen molar-refractivity contribution in [3.63, 3.8) is 0 Å². The number of nitrogens with one attached hydrogen (secondary N) is 1. The lowest BCUT2D eigenvalue weighted by Crippen LogP contribution is -2.33. The number of nitrogens with zero attached hydrogens (tertiary/aromatic N) is 1. The topological polar surface area (TPSA) is 118 Å². The van der Waals surface area contributed by atoms with Gasteiger partial charge in [-0.2, -0.15) is 0 Å². The second-order valence-corrected chi connectivity index (χ2v) is 6.41. The van der Waals surface area contributed by atoms with E-state index >= 15 is 0 Å². The molecule has 0 radical (unpaired) electrons. The van der Waals surface area contributed by atoms with Crippen LogP contribution in [0.4, 0.5) is 11.4 Å². The molecular formula is C20H22N2O8. The molecule has 1 aliphatic heterocycles. The molecule has 0 aromatic heterocycles. The highest BCUT2D eigenvalue weighted by Crippen LogP contribution is 2.43. The minimum absolute atomic E-state index is 0.0868. The SMILES string of the molecule is COc1cc(NC[C@@H]2COc3c(ccc(OC)c3OC)C2=O)c([N+](=O)[O-])cc1OC. The summed E-state index contributed by atoms with van der Waals surface area (Å²) in [4.78, 5) is 23.9. The van der Waals surface area contributed by atoms with Crippen LogP contribution in [0.15, 0.2) is 24.3 Å². The van der Waals surface area contributed by atoms with Gasteiger partial charge in [-0.3, -0.25) is 14.9 Å². The average Bonchev–Trinajstić information content (AvgIpc) is 2.76. The predicted molar refractivity (Wildman–Crippen MR) is 108 cm³/mol. The highest BCUT2D eigenvalue weighted by atomic mass is 16.6. The van der Waals surface area contributed by atoms with Crippen molar-refractivity contribution in [2.24, 2.45) is 5.92 Å². The van der Waals surface area contributed by atoms with Gasteiger partial charge in [-0.15, -0.1) is 0 Å². The Morgan fingerprint density at radius 2 is 1.73 bits per heavy atom. The summed E-state index contributed by atoms with van der Waals surface area (Å²) < 4.78 is 26.7. The van der Waals surface area contributed by atoms with Crippen molar-refractivity contribution in [1.29, 1.82) is 0 Å². The van der Waals surface area contributed by atoms with Gasteiger partial charge in [-0.1, -0.05) is 0 Å². The predicted octanol–water partition coefficient (Wildman–Crippen LogP) is 2.93. The number of hydrogen-bond acceptors (Lipinski definition) is 9. The number of carbonyl (C=O) groups is 1. The van der Waals surface area contributed by atoms with Gasteiger partial charge in [0.05, 0.1) is 50.9 Å². The Bertz CT molecular complexity index is 976. The van der Waals surface area contributed by atoms with E-state index in [4.69, 9.17) is 23.7 Å². The van der Waals surface area contributed by atoms with Crippen LogP contribution in [-0.2, 0) is 0 Å². The van der Waals surface area contributed by atoms with Crippen LogP contribution in [0.5, 0.6) is 28.7 Å². The van der Waals surface area contributed by atoms with Gasteiger partial charge < -0.3 is 29.0 Å². The number of benzene rings is 2. The lowest BCUT2D eigenvalue weighted by molar-refractivity contribution is -0.384. The second kappa shape index (κ2) is 8.76. The van der Waals surface area contributed by atoms with Gasteiger partial charge in [0.15, 0.2) is 28.8 Å². The van der Waals surface area contributed by atoms with Gasteiger partial charge in [0, 0.05) is 12.6 Å². The summed E-state index contributed by atoms with van der Waals surface area (Å²) in [5.41, 5.74) is 0.389. The molecule has 0 saturated heterocycles. The van der Waals surface area contributed by atoms with Crippen LogP contribution in [0.1, 0.15) is 10.4 Å². The Morgan fingerprint density at radius 1 is 1.07 bits per heavy atom. The number of anilines is 1. The molecule has 1 N–H and O–H groups in total. The number of carbonyl (C=O) groups excluding carboxylic acids is 1. The van der Waals surface area contributed by atoms with Gasteiger partial charge in [-0.05, 0) is 12.1 Å². The minimum atomic E-state index is -0.552. The van der Waals surface area contributed by atoms with Crippen molar-refractivity contribution >= 4 is 17.2 Å². The molecule has 1 atom stereocenters. The van der Waals surface area contributed by atoms with Crippen molar-refractivity contribution < 1.29 is 33.4 Å². The summed E-state index contributed by atoms with van der Waals surface area (Å²) >= 11 is 0. The van der Waals surface area contributed by atoms with E-state index in [0.29, 0.717) is 28.6 Å². The largest absolute Gasteiger partial charge is 0.493 e. The summed E-state index contributed by atoms with van der Waals surface area (Å²) in [5.74, 6) is 0.999. The van der Waals surface area contributed by atoms with Gasteiger partial charge >= 0.3 is 0 Å². The third kappa shape index (κ3) is 3.76. The first-order valence-electron chi connectivity index (χ1n) is 9.01. The number of ether oxygens (including phenoxy) is 5. The fourth-order valence-corrected chi connectivity index (χ4v) is 3.26. The second-order valence-electron chi connectivity index (χ2n) is 6.41. The molecule has 0 bridgehead atoms. The zero-order chi connectivity index (χ0) is 21.8. The van der Waals surface area contributed by atoms with Crippen molar-refractivity contribution in [3.05, 3.63) is 39.9 Å². The Hall–Kier alpha value is -3.69. The molecule has 160 valence electrons.